The Hall–Kier alpha value is -2.21. The van der Waals surface area contributed by atoms with Gasteiger partial charge in [-0.15, -0.1) is 0 Å². The maximum atomic E-state index is 13.6. The van der Waals surface area contributed by atoms with Crippen molar-refractivity contribution in [3.8, 4) is 0 Å². The van der Waals surface area contributed by atoms with Crippen LogP contribution in [0, 0.1) is 6.57 Å². The molecule has 2 aliphatic heterocycles. The van der Waals surface area contributed by atoms with Crippen molar-refractivity contribution in [2.24, 2.45) is 5.73 Å². The zero-order valence-electron chi connectivity index (χ0n) is 16.4. The van der Waals surface area contributed by atoms with Gasteiger partial charge in [0.2, 0.25) is 0 Å². The van der Waals surface area contributed by atoms with Gasteiger partial charge in [-0.25, -0.2) is 4.85 Å². The van der Waals surface area contributed by atoms with Gasteiger partial charge in [0.25, 0.3) is 0 Å². The van der Waals surface area contributed by atoms with Crippen molar-refractivity contribution in [1.82, 2.24) is 4.90 Å². The molecule has 1 saturated heterocycles. The quantitative estimate of drug-likeness (QED) is 0.560. The number of piperidine rings is 1. The molecule has 0 unspecified atom stereocenters. The van der Waals surface area contributed by atoms with Gasteiger partial charge in [-0.3, -0.25) is 0 Å². The predicted molar refractivity (Wildman–Crippen MR) is 113 cm³/mol. The number of nitrogens with one attached hydrogen (secondary N) is 1. The minimum atomic E-state index is -4.41. The Morgan fingerprint density at radius 2 is 1.93 bits per heavy atom. The van der Waals surface area contributed by atoms with Crippen molar-refractivity contribution in [1.29, 1.82) is 0 Å². The van der Waals surface area contributed by atoms with E-state index in [0.717, 1.165) is 48.5 Å². The summed E-state index contributed by atoms with van der Waals surface area (Å²) in [5.41, 5.74) is 8.01. The molecule has 2 heterocycles. The molecule has 0 spiro atoms. The molecule has 0 radical (unpaired) electrons. The van der Waals surface area contributed by atoms with Crippen LogP contribution in [0.3, 0.4) is 0 Å². The van der Waals surface area contributed by atoms with Crippen LogP contribution in [0.1, 0.15) is 29.5 Å². The number of nitrogens with zero attached hydrogens (tertiary/aromatic N) is 2. The van der Waals surface area contributed by atoms with Gasteiger partial charge in [0.15, 0.2) is 5.69 Å². The van der Waals surface area contributed by atoms with E-state index in [1.807, 2.05) is 6.07 Å². The van der Waals surface area contributed by atoms with Gasteiger partial charge >= 0.3 is 6.18 Å². The molecule has 2 aliphatic rings. The Balaban J connectivity index is 1.63. The van der Waals surface area contributed by atoms with Crippen LogP contribution in [0.5, 0.6) is 0 Å². The number of alkyl halides is 3. The summed E-state index contributed by atoms with van der Waals surface area (Å²) in [5.74, 6) is 0. The minimum absolute atomic E-state index is 0.141. The summed E-state index contributed by atoms with van der Waals surface area (Å²) in [7, 11) is 0. The highest BCUT2D eigenvalue weighted by Crippen LogP contribution is 2.46. The first kappa shape index (κ1) is 21.0. The van der Waals surface area contributed by atoms with Crippen molar-refractivity contribution < 1.29 is 13.2 Å². The Kier molecular flexibility index (Phi) is 5.96. The zero-order chi connectivity index (χ0) is 21.3. The summed E-state index contributed by atoms with van der Waals surface area (Å²) in [4.78, 5) is 7.20. The molecule has 4 rings (SSSR count). The molecule has 158 valence electrons. The molecule has 1 fully saturated rings. The van der Waals surface area contributed by atoms with Gasteiger partial charge in [-0.05, 0) is 42.2 Å². The van der Waals surface area contributed by atoms with E-state index in [1.54, 1.807) is 12.1 Å². The second-order valence-corrected chi connectivity index (χ2v) is 8.81. The Bertz CT molecular complexity index is 976. The molecule has 30 heavy (non-hydrogen) atoms. The minimum Gasteiger partial charge on any atom is -0.382 e. The van der Waals surface area contributed by atoms with Gasteiger partial charge in [-0.1, -0.05) is 23.9 Å². The summed E-state index contributed by atoms with van der Waals surface area (Å²) in [6.45, 7) is 10.4. The van der Waals surface area contributed by atoms with Crippen molar-refractivity contribution >= 4 is 23.1 Å². The van der Waals surface area contributed by atoms with Crippen molar-refractivity contribution in [2.75, 3.05) is 31.5 Å². The van der Waals surface area contributed by atoms with E-state index in [1.165, 1.54) is 23.9 Å². The average Bonchev–Trinajstić information content (AvgIpc) is 2.72. The van der Waals surface area contributed by atoms with E-state index < -0.39 is 11.7 Å². The van der Waals surface area contributed by atoms with Crippen LogP contribution < -0.4 is 11.1 Å². The van der Waals surface area contributed by atoms with Crippen LogP contribution in [0.25, 0.3) is 4.85 Å². The lowest BCUT2D eigenvalue weighted by Gasteiger charge is -2.34. The number of anilines is 1. The van der Waals surface area contributed by atoms with E-state index in [2.05, 4.69) is 15.1 Å². The van der Waals surface area contributed by atoms with Gasteiger partial charge in [0, 0.05) is 54.1 Å². The molecule has 2 aromatic rings. The fourth-order valence-electron chi connectivity index (χ4n) is 4.08. The van der Waals surface area contributed by atoms with Crippen LogP contribution in [-0.2, 0) is 12.6 Å². The van der Waals surface area contributed by atoms with E-state index in [4.69, 9.17) is 12.3 Å². The summed E-state index contributed by atoms with van der Waals surface area (Å²) >= 11 is 1.32. The van der Waals surface area contributed by atoms with Crippen LogP contribution in [0.15, 0.2) is 40.1 Å². The first-order valence-electron chi connectivity index (χ1n) is 9.98. The molecule has 0 amide bonds. The fourth-order valence-corrected chi connectivity index (χ4v) is 5.26. The Morgan fingerprint density at radius 1 is 1.17 bits per heavy atom. The van der Waals surface area contributed by atoms with E-state index >= 15 is 0 Å². The number of rotatable bonds is 4. The van der Waals surface area contributed by atoms with Crippen LogP contribution in [0.4, 0.5) is 24.5 Å². The molecule has 2 aromatic carbocycles. The van der Waals surface area contributed by atoms with Crippen LogP contribution in [-0.4, -0.2) is 37.1 Å². The predicted octanol–water partition coefficient (Wildman–Crippen LogP) is 5.15. The average molecular weight is 433 g/mol. The first-order chi connectivity index (χ1) is 14.4. The summed E-state index contributed by atoms with van der Waals surface area (Å²) in [6.07, 6.45) is -2.09. The largest absolute Gasteiger partial charge is 0.416 e. The van der Waals surface area contributed by atoms with Crippen LogP contribution >= 0.6 is 11.8 Å². The van der Waals surface area contributed by atoms with Crippen molar-refractivity contribution in [2.45, 2.75) is 41.3 Å². The van der Waals surface area contributed by atoms with Gasteiger partial charge < -0.3 is 16.0 Å². The number of nitrogens with two attached hydrogens (primary N) is 1. The molecule has 3 N–H and O–H groups in total. The van der Waals surface area contributed by atoms with Crippen molar-refractivity contribution in [3.63, 3.8) is 0 Å². The summed E-state index contributed by atoms with van der Waals surface area (Å²) < 4.78 is 40.7. The highest BCUT2D eigenvalue weighted by atomic mass is 32.2. The molecule has 0 bridgehead atoms. The SMILES string of the molecule is [C-]#[N+]c1ccc2c(c1)Sc1cc(C(F)(F)F)cc(NC3CCN(CCN)CC3)c1C2. The maximum absolute atomic E-state index is 13.6. The Labute approximate surface area is 178 Å². The molecule has 4 nitrogen and oxygen atoms in total. The summed E-state index contributed by atoms with van der Waals surface area (Å²) in [6, 6.07) is 8.07. The number of hydrogen-bond acceptors (Lipinski definition) is 4. The molecule has 8 heteroatoms. The fraction of sp³-hybridized carbons (Fsp3) is 0.409. The van der Waals surface area contributed by atoms with E-state index in [9.17, 15) is 13.2 Å². The lowest BCUT2D eigenvalue weighted by atomic mass is 9.98. The molecule has 0 aliphatic carbocycles. The standard InChI is InChI=1S/C22H23F3N4S/c1-27-17-3-2-14-10-18-19(28-16-4-7-29(8-5-16)9-6-26)11-15(22(23,24)25)12-21(18)30-20(14)13-17/h2-3,11-13,16,28H,4-10,26H2. The maximum Gasteiger partial charge on any atom is 0.416 e. The molecule has 0 atom stereocenters. The lowest BCUT2D eigenvalue weighted by molar-refractivity contribution is -0.137. The monoisotopic (exact) mass is 432 g/mol. The van der Waals surface area contributed by atoms with E-state index in [0.29, 0.717) is 29.2 Å². The van der Waals surface area contributed by atoms with Gasteiger partial charge in [0.05, 0.1) is 12.1 Å². The molecular formula is C22H23F3N4S. The molecular weight excluding hydrogens is 409 g/mol. The Morgan fingerprint density at radius 3 is 2.60 bits per heavy atom. The molecule has 0 saturated carbocycles. The third-order valence-electron chi connectivity index (χ3n) is 5.70. The van der Waals surface area contributed by atoms with Gasteiger partial charge in [0.1, 0.15) is 0 Å². The van der Waals surface area contributed by atoms with Crippen LogP contribution in [0.2, 0.25) is 0 Å². The third kappa shape index (κ3) is 4.43. The lowest BCUT2D eigenvalue weighted by Crippen LogP contribution is -2.41. The smallest absolute Gasteiger partial charge is 0.382 e. The van der Waals surface area contributed by atoms with E-state index in [-0.39, 0.29) is 6.04 Å². The highest BCUT2D eigenvalue weighted by Gasteiger charge is 2.34. The third-order valence-corrected chi connectivity index (χ3v) is 6.88. The number of hydrogen-bond donors (Lipinski definition) is 2. The van der Waals surface area contributed by atoms with Gasteiger partial charge in [-0.2, -0.15) is 13.2 Å². The van der Waals surface area contributed by atoms with Crippen molar-refractivity contribution in [3.05, 3.63) is 58.4 Å². The number of likely N-dealkylation sites (tertiary alicyclic amines) is 1. The zero-order valence-corrected chi connectivity index (χ0v) is 17.2. The second kappa shape index (κ2) is 8.50. The number of benzene rings is 2. The number of halogens is 3. The second-order valence-electron chi connectivity index (χ2n) is 7.73. The first-order valence-corrected chi connectivity index (χ1v) is 10.8. The topological polar surface area (TPSA) is 45.7 Å². The highest BCUT2D eigenvalue weighted by molar-refractivity contribution is 7.99. The summed E-state index contributed by atoms with van der Waals surface area (Å²) in [5, 5.41) is 3.42. The normalized spacial score (nSPS) is 17.2. The number of fused-ring (bicyclic) bond motifs is 2. The molecule has 0 aromatic heterocycles.